The zero-order chi connectivity index (χ0) is 13.1. The molecule has 1 aromatic carbocycles. The Morgan fingerprint density at radius 1 is 1.39 bits per heavy atom. The van der Waals surface area contributed by atoms with Crippen molar-refractivity contribution in [3.8, 4) is 0 Å². The first-order chi connectivity index (χ1) is 8.59. The highest BCUT2D eigenvalue weighted by molar-refractivity contribution is 7.10. The van der Waals surface area contributed by atoms with E-state index in [1.54, 1.807) is 29.6 Å². The van der Waals surface area contributed by atoms with Crippen LogP contribution in [0.3, 0.4) is 0 Å². The third kappa shape index (κ3) is 2.69. The van der Waals surface area contributed by atoms with Gasteiger partial charge in [0.25, 0.3) is 5.69 Å². The Morgan fingerprint density at radius 2 is 2.11 bits per heavy atom. The molecule has 0 aliphatic carbocycles. The van der Waals surface area contributed by atoms with E-state index >= 15 is 0 Å². The lowest BCUT2D eigenvalue weighted by Gasteiger charge is -2.09. The molecule has 2 rings (SSSR count). The summed E-state index contributed by atoms with van der Waals surface area (Å²) in [5, 5.41) is 23.2. The quantitative estimate of drug-likeness (QED) is 0.689. The predicted octanol–water partition coefficient (Wildman–Crippen LogP) is 3.59. The van der Waals surface area contributed by atoms with Gasteiger partial charge in [0.15, 0.2) is 0 Å². The number of halogens is 1. The van der Waals surface area contributed by atoms with Gasteiger partial charge in [0, 0.05) is 18.1 Å². The van der Waals surface area contributed by atoms with E-state index in [1.807, 2.05) is 0 Å². The number of hydrogen-bond donors (Lipinski definition) is 1. The Hall–Kier alpha value is -1.43. The average molecular weight is 284 g/mol. The number of hydrogen-bond acceptors (Lipinski definition) is 4. The first-order valence-electron chi connectivity index (χ1n) is 5.23. The first-order valence-corrected chi connectivity index (χ1v) is 6.48. The fourth-order valence-corrected chi connectivity index (χ4v) is 2.87. The van der Waals surface area contributed by atoms with E-state index in [-0.39, 0.29) is 12.1 Å². The van der Waals surface area contributed by atoms with Crippen LogP contribution < -0.4 is 0 Å². The number of aliphatic hydroxyl groups excluding tert-OH is 1. The van der Waals surface area contributed by atoms with Gasteiger partial charge in [-0.2, -0.15) is 0 Å². The van der Waals surface area contributed by atoms with Crippen molar-refractivity contribution in [1.82, 2.24) is 0 Å². The summed E-state index contributed by atoms with van der Waals surface area (Å²) in [6.07, 6.45) is -0.643. The number of nitro benzene ring substituents is 1. The minimum absolute atomic E-state index is 0.0178. The highest BCUT2D eigenvalue weighted by Gasteiger charge is 2.19. The zero-order valence-corrected chi connectivity index (χ0v) is 10.8. The summed E-state index contributed by atoms with van der Waals surface area (Å²) < 4.78 is 0. The smallest absolute Gasteiger partial charge is 0.272 e. The van der Waals surface area contributed by atoms with Crippen LogP contribution in [0, 0.1) is 10.1 Å². The maximum atomic E-state index is 10.9. The number of benzene rings is 1. The summed E-state index contributed by atoms with van der Waals surface area (Å²) in [6.45, 7) is 0. The van der Waals surface area contributed by atoms with Gasteiger partial charge in [0.1, 0.15) is 0 Å². The van der Waals surface area contributed by atoms with Crippen LogP contribution in [0.5, 0.6) is 0 Å². The van der Waals surface area contributed by atoms with Crippen molar-refractivity contribution in [3.63, 3.8) is 0 Å². The Labute approximate surface area is 113 Å². The molecule has 0 bridgehead atoms. The van der Waals surface area contributed by atoms with Gasteiger partial charge < -0.3 is 5.11 Å². The second kappa shape index (κ2) is 5.48. The molecular formula is C12H10ClNO3S. The van der Waals surface area contributed by atoms with Crippen molar-refractivity contribution in [2.45, 2.75) is 12.5 Å². The van der Waals surface area contributed by atoms with Gasteiger partial charge in [0.05, 0.1) is 20.9 Å². The Kier molecular flexibility index (Phi) is 3.96. The number of thiophene rings is 1. The Bertz CT molecular complexity index is 570. The summed E-state index contributed by atoms with van der Waals surface area (Å²) in [7, 11) is 0. The zero-order valence-electron chi connectivity index (χ0n) is 9.25. The fourth-order valence-electron chi connectivity index (χ4n) is 1.71. The van der Waals surface area contributed by atoms with Crippen LogP contribution in [-0.4, -0.2) is 10.0 Å². The molecule has 94 valence electrons. The topological polar surface area (TPSA) is 63.4 Å². The molecule has 2 aromatic rings. The standard InChI is InChI=1S/C12H10ClNO3S/c13-9-5-6-18-12(9)11(15)7-8-3-1-2-4-10(8)14(16)17/h1-6,11,15H,7H2. The second-order valence-corrected chi connectivity index (χ2v) is 5.09. The summed E-state index contributed by atoms with van der Waals surface area (Å²) in [6, 6.07) is 8.09. The van der Waals surface area contributed by atoms with E-state index in [1.165, 1.54) is 17.4 Å². The SMILES string of the molecule is O=[N+]([O-])c1ccccc1CC(O)c1sccc1Cl. The number of nitrogens with zero attached hydrogens (tertiary/aromatic N) is 1. The summed E-state index contributed by atoms with van der Waals surface area (Å²) in [5.74, 6) is 0. The molecule has 6 heteroatoms. The molecule has 0 saturated carbocycles. The van der Waals surface area contributed by atoms with Crippen LogP contribution in [0.25, 0.3) is 0 Å². The van der Waals surface area contributed by atoms with Crippen molar-refractivity contribution < 1.29 is 10.0 Å². The van der Waals surface area contributed by atoms with Gasteiger partial charge in [-0.3, -0.25) is 10.1 Å². The van der Waals surface area contributed by atoms with Gasteiger partial charge in [0.2, 0.25) is 0 Å². The molecule has 1 atom stereocenters. The van der Waals surface area contributed by atoms with Crippen LogP contribution in [0.4, 0.5) is 5.69 Å². The van der Waals surface area contributed by atoms with Crippen LogP contribution in [0.15, 0.2) is 35.7 Å². The highest BCUT2D eigenvalue weighted by Crippen LogP contribution is 2.32. The lowest BCUT2D eigenvalue weighted by Crippen LogP contribution is -2.03. The minimum Gasteiger partial charge on any atom is -0.387 e. The summed E-state index contributed by atoms with van der Waals surface area (Å²) in [5.41, 5.74) is 0.517. The van der Waals surface area contributed by atoms with E-state index in [9.17, 15) is 15.2 Å². The fraction of sp³-hybridized carbons (Fsp3) is 0.167. The van der Waals surface area contributed by atoms with Crippen LogP contribution in [0.1, 0.15) is 16.5 Å². The molecule has 1 heterocycles. The van der Waals surface area contributed by atoms with Crippen molar-refractivity contribution in [2.24, 2.45) is 0 Å². The van der Waals surface area contributed by atoms with Crippen molar-refractivity contribution in [1.29, 1.82) is 0 Å². The minimum atomic E-state index is -0.821. The molecule has 0 amide bonds. The first kappa shape index (κ1) is 13.0. The number of nitro groups is 1. The molecule has 18 heavy (non-hydrogen) atoms. The maximum Gasteiger partial charge on any atom is 0.272 e. The monoisotopic (exact) mass is 283 g/mol. The highest BCUT2D eigenvalue weighted by atomic mass is 35.5. The van der Waals surface area contributed by atoms with Crippen molar-refractivity contribution >= 4 is 28.6 Å². The molecule has 0 spiro atoms. The van der Waals surface area contributed by atoms with Crippen molar-refractivity contribution in [2.75, 3.05) is 0 Å². The van der Waals surface area contributed by atoms with E-state index in [0.717, 1.165) is 0 Å². The third-order valence-electron chi connectivity index (χ3n) is 2.55. The number of aliphatic hydroxyl groups is 1. The lowest BCUT2D eigenvalue weighted by atomic mass is 10.1. The Balaban J connectivity index is 2.25. The predicted molar refractivity (Wildman–Crippen MR) is 71.1 cm³/mol. The van der Waals surface area contributed by atoms with E-state index in [0.29, 0.717) is 15.5 Å². The molecule has 4 nitrogen and oxygen atoms in total. The lowest BCUT2D eigenvalue weighted by molar-refractivity contribution is -0.385. The third-order valence-corrected chi connectivity index (χ3v) is 4.01. The molecule has 1 aromatic heterocycles. The van der Waals surface area contributed by atoms with Gasteiger partial charge in [-0.25, -0.2) is 0 Å². The van der Waals surface area contributed by atoms with Crippen LogP contribution in [-0.2, 0) is 6.42 Å². The normalized spacial score (nSPS) is 12.3. The molecule has 0 radical (unpaired) electrons. The second-order valence-electron chi connectivity index (χ2n) is 3.74. The van der Waals surface area contributed by atoms with Gasteiger partial charge >= 0.3 is 0 Å². The average Bonchev–Trinajstić information content (AvgIpc) is 2.76. The summed E-state index contributed by atoms with van der Waals surface area (Å²) >= 11 is 7.26. The van der Waals surface area contributed by atoms with E-state index in [2.05, 4.69) is 0 Å². The van der Waals surface area contributed by atoms with Crippen molar-refractivity contribution in [3.05, 3.63) is 61.3 Å². The number of para-hydroxylation sites is 1. The Morgan fingerprint density at radius 3 is 2.72 bits per heavy atom. The van der Waals surface area contributed by atoms with Crippen LogP contribution in [0.2, 0.25) is 5.02 Å². The van der Waals surface area contributed by atoms with Gasteiger partial charge in [-0.05, 0) is 11.4 Å². The molecule has 0 aliphatic rings. The molecule has 1 N–H and O–H groups in total. The summed E-state index contributed by atoms with van der Waals surface area (Å²) in [4.78, 5) is 11.0. The molecule has 0 fully saturated rings. The van der Waals surface area contributed by atoms with E-state index in [4.69, 9.17) is 11.6 Å². The molecule has 1 unspecified atom stereocenters. The number of rotatable bonds is 4. The maximum absolute atomic E-state index is 10.9. The van der Waals surface area contributed by atoms with Gasteiger partial charge in [-0.1, -0.05) is 29.8 Å². The van der Waals surface area contributed by atoms with E-state index < -0.39 is 11.0 Å². The van der Waals surface area contributed by atoms with Crippen LogP contribution >= 0.6 is 22.9 Å². The molecular weight excluding hydrogens is 274 g/mol. The molecule has 0 aliphatic heterocycles. The van der Waals surface area contributed by atoms with Gasteiger partial charge in [-0.15, -0.1) is 11.3 Å². The molecule has 0 saturated heterocycles. The largest absolute Gasteiger partial charge is 0.387 e.